The van der Waals surface area contributed by atoms with E-state index in [0.29, 0.717) is 24.5 Å². The summed E-state index contributed by atoms with van der Waals surface area (Å²) in [4.78, 5) is 4.48. The van der Waals surface area contributed by atoms with E-state index in [0.717, 1.165) is 41.1 Å². The van der Waals surface area contributed by atoms with Crippen molar-refractivity contribution in [3.63, 3.8) is 0 Å². The highest BCUT2D eigenvalue weighted by Crippen LogP contribution is 2.31. The van der Waals surface area contributed by atoms with Crippen molar-refractivity contribution in [2.24, 2.45) is 7.05 Å². The Labute approximate surface area is 211 Å². The van der Waals surface area contributed by atoms with Gasteiger partial charge in [-0.25, -0.2) is 4.98 Å². The molecule has 8 heteroatoms. The van der Waals surface area contributed by atoms with Crippen LogP contribution in [0.4, 0.5) is 5.69 Å². The summed E-state index contributed by atoms with van der Waals surface area (Å²) >= 11 is 0. The van der Waals surface area contributed by atoms with Gasteiger partial charge in [0.25, 0.3) is 0 Å². The Morgan fingerprint density at radius 1 is 1.14 bits per heavy atom. The Morgan fingerprint density at radius 3 is 2.58 bits per heavy atom. The van der Waals surface area contributed by atoms with E-state index >= 15 is 0 Å². The average Bonchev–Trinajstić information content (AvgIpc) is 3.38. The lowest BCUT2D eigenvalue weighted by atomic mass is 10.1. The maximum absolute atomic E-state index is 9.00. The first-order chi connectivity index (χ1) is 17.7. The van der Waals surface area contributed by atoms with Gasteiger partial charge in [0.15, 0.2) is 0 Å². The molecule has 184 valence electrons. The van der Waals surface area contributed by atoms with E-state index in [9.17, 15) is 0 Å². The van der Waals surface area contributed by atoms with Crippen molar-refractivity contribution in [3.05, 3.63) is 90.4 Å². The number of nitrogens with one attached hydrogen (secondary N) is 2. The minimum absolute atomic E-state index is 0.00268. The van der Waals surface area contributed by atoms with Crippen LogP contribution in [0.5, 0.6) is 11.6 Å². The molecular weight excluding hydrogens is 452 g/mol. The molecule has 0 fully saturated rings. The van der Waals surface area contributed by atoms with Crippen molar-refractivity contribution in [1.82, 2.24) is 20.1 Å². The van der Waals surface area contributed by atoms with E-state index in [4.69, 9.17) is 14.7 Å². The molecule has 0 radical (unpaired) electrons. The lowest BCUT2D eigenvalue weighted by Crippen LogP contribution is -2.40. The van der Waals surface area contributed by atoms with Crippen molar-refractivity contribution < 1.29 is 9.47 Å². The minimum Gasteiger partial charge on any atom is -0.496 e. The quantitative estimate of drug-likeness (QED) is 0.384. The number of pyridine rings is 1. The van der Waals surface area contributed by atoms with Crippen LogP contribution in [0.15, 0.2) is 79.3 Å². The first kappa shape index (κ1) is 24.8. The van der Waals surface area contributed by atoms with E-state index in [1.165, 1.54) is 0 Å². The van der Waals surface area contributed by atoms with E-state index in [-0.39, 0.29) is 6.10 Å². The van der Waals surface area contributed by atoms with Gasteiger partial charge >= 0.3 is 0 Å². The summed E-state index contributed by atoms with van der Waals surface area (Å²) in [7, 11) is 3.52. The Balaban J connectivity index is 0.000000445. The third kappa shape index (κ3) is 6.62. The molecule has 3 heterocycles. The van der Waals surface area contributed by atoms with Gasteiger partial charge < -0.3 is 20.1 Å². The molecule has 0 amide bonds. The number of hydrogen-bond donors (Lipinski definition) is 2. The summed E-state index contributed by atoms with van der Waals surface area (Å²) in [6, 6.07) is 21.7. The fraction of sp³-hybridized carbons (Fsp3) is 0.250. The number of methoxy groups -OCH3 is 1. The van der Waals surface area contributed by atoms with Gasteiger partial charge in [0, 0.05) is 37.1 Å². The Kier molecular flexibility index (Phi) is 8.52. The predicted molar refractivity (Wildman–Crippen MR) is 140 cm³/mol. The summed E-state index contributed by atoms with van der Waals surface area (Å²) < 4.78 is 13.2. The molecule has 4 aromatic rings. The van der Waals surface area contributed by atoms with Gasteiger partial charge in [-0.15, -0.1) is 0 Å². The van der Waals surface area contributed by atoms with Crippen molar-refractivity contribution in [2.75, 3.05) is 32.1 Å². The second-order valence-corrected chi connectivity index (χ2v) is 8.35. The number of benzene rings is 2. The smallest absolute Gasteiger partial charge is 0.237 e. The molecule has 0 saturated heterocycles. The zero-order chi connectivity index (χ0) is 25.2. The lowest BCUT2D eigenvalue weighted by molar-refractivity contribution is 0.194. The largest absolute Gasteiger partial charge is 0.496 e. The number of aromatic nitrogens is 3. The summed E-state index contributed by atoms with van der Waals surface area (Å²) in [5.74, 6) is 1.36. The van der Waals surface area contributed by atoms with Crippen molar-refractivity contribution in [3.8, 4) is 28.8 Å². The number of fused-ring (bicyclic) bond motifs is 1. The second kappa shape index (κ2) is 12.4. The highest BCUT2D eigenvalue weighted by molar-refractivity contribution is 5.69. The van der Waals surface area contributed by atoms with Crippen LogP contribution in [-0.2, 0) is 13.5 Å². The van der Waals surface area contributed by atoms with Crippen LogP contribution in [0.25, 0.3) is 11.1 Å². The average molecular weight is 483 g/mol. The summed E-state index contributed by atoms with van der Waals surface area (Å²) in [5.41, 5.74) is 4.60. The Bertz CT molecular complexity index is 1270. The van der Waals surface area contributed by atoms with Crippen molar-refractivity contribution >= 4 is 5.69 Å². The molecule has 1 atom stereocenters. The van der Waals surface area contributed by atoms with Crippen molar-refractivity contribution in [2.45, 2.75) is 12.5 Å². The molecule has 0 spiro atoms. The number of ether oxygens (including phenoxy) is 2. The second-order valence-electron chi connectivity index (χ2n) is 8.35. The predicted octanol–water partition coefficient (Wildman–Crippen LogP) is 4.05. The van der Waals surface area contributed by atoms with Crippen molar-refractivity contribution in [1.29, 1.82) is 5.26 Å². The van der Waals surface area contributed by atoms with Gasteiger partial charge in [0.05, 0.1) is 37.2 Å². The Morgan fingerprint density at radius 2 is 1.92 bits per heavy atom. The molecule has 0 saturated carbocycles. The number of hydrogen-bond acceptors (Lipinski definition) is 7. The third-order valence-corrected chi connectivity index (χ3v) is 5.71. The van der Waals surface area contributed by atoms with E-state index in [1.54, 1.807) is 17.9 Å². The highest BCUT2D eigenvalue weighted by Gasteiger charge is 2.21. The van der Waals surface area contributed by atoms with Crippen LogP contribution in [-0.4, -0.2) is 47.6 Å². The molecule has 0 aliphatic carbocycles. The molecule has 1 aliphatic rings. The SMILES string of the molecule is COc1cc(C#N)ccc1CCNCC1CNc2cc(-c3cnn(C)c3)cnc2O1.c1ccccc1. The maximum Gasteiger partial charge on any atom is 0.237 e. The molecule has 1 unspecified atom stereocenters. The number of nitrogens with zero attached hydrogens (tertiary/aromatic N) is 4. The van der Waals surface area contributed by atoms with Crippen LogP contribution < -0.4 is 20.1 Å². The third-order valence-electron chi connectivity index (χ3n) is 5.71. The number of nitriles is 1. The standard InChI is InChI=1S/C22H24N6O2.C6H6/c1-28-14-18(11-27-28)17-8-20-22(26-10-17)30-19(13-25-20)12-24-6-5-16-4-3-15(9-23)7-21(16)29-2;1-2-4-6-5-3-1/h3-4,7-8,10-11,14,19,24-25H,5-6,12-13H2,1-2H3;1-6H. The van der Waals surface area contributed by atoms with E-state index < -0.39 is 0 Å². The topological polar surface area (TPSA) is 97.0 Å². The maximum atomic E-state index is 9.00. The Hall–Kier alpha value is -4.35. The molecule has 2 N–H and O–H groups in total. The normalized spacial score (nSPS) is 13.8. The fourth-order valence-corrected chi connectivity index (χ4v) is 3.83. The van der Waals surface area contributed by atoms with Gasteiger partial charge in [-0.2, -0.15) is 10.4 Å². The summed E-state index contributed by atoms with van der Waals surface area (Å²) in [5, 5.41) is 20.1. The molecule has 1 aliphatic heterocycles. The van der Waals surface area contributed by atoms with Gasteiger partial charge in [-0.05, 0) is 36.7 Å². The molecule has 36 heavy (non-hydrogen) atoms. The molecule has 8 nitrogen and oxygen atoms in total. The van der Waals surface area contributed by atoms with Crippen LogP contribution in [0, 0.1) is 11.3 Å². The van der Waals surface area contributed by atoms with E-state index in [2.05, 4.69) is 26.8 Å². The molecule has 2 aromatic heterocycles. The van der Waals surface area contributed by atoms with Gasteiger partial charge in [-0.1, -0.05) is 42.5 Å². The highest BCUT2D eigenvalue weighted by atomic mass is 16.5. The van der Waals surface area contributed by atoms with Crippen LogP contribution in [0.1, 0.15) is 11.1 Å². The van der Waals surface area contributed by atoms with Gasteiger partial charge in [0.1, 0.15) is 11.9 Å². The molecular formula is C28H30N6O2. The monoisotopic (exact) mass is 482 g/mol. The molecule has 0 bridgehead atoms. The number of anilines is 1. The van der Waals surface area contributed by atoms with Crippen LogP contribution >= 0.6 is 0 Å². The first-order valence-electron chi connectivity index (χ1n) is 11.8. The zero-order valence-corrected chi connectivity index (χ0v) is 20.5. The lowest BCUT2D eigenvalue weighted by Gasteiger charge is -2.27. The number of rotatable bonds is 7. The minimum atomic E-state index is -0.00268. The molecule has 5 rings (SSSR count). The number of aryl methyl sites for hydroxylation is 1. The zero-order valence-electron chi connectivity index (χ0n) is 20.5. The van der Waals surface area contributed by atoms with Crippen LogP contribution in [0.3, 0.4) is 0 Å². The molecule has 2 aromatic carbocycles. The van der Waals surface area contributed by atoms with Crippen LogP contribution in [0.2, 0.25) is 0 Å². The van der Waals surface area contributed by atoms with E-state index in [1.807, 2.05) is 80.2 Å². The van der Waals surface area contributed by atoms with Gasteiger partial charge in [0.2, 0.25) is 5.88 Å². The summed E-state index contributed by atoms with van der Waals surface area (Å²) in [6.45, 7) is 2.19. The summed E-state index contributed by atoms with van der Waals surface area (Å²) in [6.07, 6.45) is 6.39. The van der Waals surface area contributed by atoms with Gasteiger partial charge in [-0.3, -0.25) is 4.68 Å². The fourth-order valence-electron chi connectivity index (χ4n) is 3.83. The first-order valence-corrected chi connectivity index (χ1v) is 11.8.